The van der Waals surface area contributed by atoms with E-state index in [2.05, 4.69) is 38.3 Å². The highest BCUT2D eigenvalue weighted by Crippen LogP contribution is 2.13. The molecule has 2 aromatic carbocycles. The average molecular weight is 628 g/mol. The molecule has 0 unspecified atom stereocenters. The molecule has 4 N–H and O–H groups in total. The fourth-order valence-corrected chi connectivity index (χ4v) is 4.00. The number of likely N-dealkylation sites (N-methyl/N-ethyl adjacent to an activating group) is 2. The summed E-state index contributed by atoms with van der Waals surface area (Å²) in [5.41, 5.74) is 1.87. The van der Waals surface area contributed by atoms with E-state index in [1.54, 1.807) is 48.5 Å². The summed E-state index contributed by atoms with van der Waals surface area (Å²) in [7, 11) is 0. The standard InChI is InChI=1S/C30H42N4O6.2ClH/c1-5-33(6-2)19-21-39-29(37)23-9-13-25(14-10-23)31-27(35)17-18-28(36)32-26-15-11-24(12-16-26)30(38)40-22-20-34(7-3)8-4;;/h9-16H,5-8,17-22H2,1-4H3,(H,31,35)(H,32,36);2*1H. The van der Waals surface area contributed by atoms with Crippen molar-refractivity contribution in [2.45, 2.75) is 40.5 Å². The van der Waals surface area contributed by atoms with Gasteiger partial charge in [-0.25, -0.2) is 9.59 Å². The summed E-state index contributed by atoms with van der Waals surface area (Å²) in [4.78, 5) is 51.7. The van der Waals surface area contributed by atoms with Gasteiger partial charge in [0.25, 0.3) is 0 Å². The van der Waals surface area contributed by atoms with Crippen LogP contribution in [0, 0.1) is 0 Å². The van der Waals surface area contributed by atoms with Gasteiger partial charge in [0.15, 0.2) is 0 Å². The number of esters is 2. The third kappa shape index (κ3) is 14.1. The maximum atomic E-state index is 12.3. The predicted octanol–water partition coefficient (Wildman–Crippen LogP) is -4.79. The number of carbonyl (C=O) groups is 4. The Morgan fingerprint density at radius 2 is 0.881 bits per heavy atom. The molecule has 0 heterocycles. The minimum absolute atomic E-state index is 0. The van der Waals surface area contributed by atoms with Crippen LogP contribution < -0.4 is 45.2 Å². The van der Waals surface area contributed by atoms with Gasteiger partial charge in [0.1, 0.15) is 26.3 Å². The topological polar surface area (TPSA) is 120 Å². The summed E-state index contributed by atoms with van der Waals surface area (Å²) < 4.78 is 10.7. The van der Waals surface area contributed by atoms with E-state index < -0.39 is 11.9 Å². The van der Waals surface area contributed by atoms with Crippen molar-refractivity contribution in [1.82, 2.24) is 0 Å². The van der Waals surface area contributed by atoms with Crippen molar-refractivity contribution in [3.05, 3.63) is 59.7 Å². The Bertz CT molecular complexity index is 1000. The fourth-order valence-electron chi connectivity index (χ4n) is 4.00. The van der Waals surface area contributed by atoms with Gasteiger partial charge in [0.05, 0.1) is 37.3 Å². The van der Waals surface area contributed by atoms with Gasteiger partial charge in [-0.3, -0.25) is 9.59 Å². The molecule has 42 heavy (non-hydrogen) atoms. The van der Waals surface area contributed by atoms with Crippen molar-refractivity contribution in [2.75, 3.05) is 63.1 Å². The summed E-state index contributed by atoms with van der Waals surface area (Å²) in [6.07, 6.45) is -0.0233. The van der Waals surface area contributed by atoms with Crippen LogP contribution >= 0.6 is 0 Å². The van der Waals surface area contributed by atoms with E-state index in [9.17, 15) is 19.2 Å². The summed E-state index contributed by atoms with van der Waals surface area (Å²) in [5.74, 6) is -1.45. The van der Waals surface area contributed by atoms with Gasteiger partial charge in [-0.15, -0.1) is 0 Å². The van der Waals surface area contributed by atoms with Gasteiger partial charge in [-0.1, -0.05) is 0 Å². The molecule has 0 fully saturated rings. The van der Waals surface area contributed by atoms with E-state index in [0.29, 0.717) is 35.7 Å². The third-order valence-electron chi connectivity index (χ3n) is 6.77. The molecule has 2 rings (SSSR count). The van der Waals surface area contributed by atoms with Gasteiger partial charge in [-0.05, 0) is 76.2 Å². The maximum Gasteiger partial charge on any atom is 0.338 e. The first kappa shape index (κ1) is 38.8. The molecule has 0 saturated heterocycles. The van der Waals surface area contributed by atoms with Gasteiger partial charge in [0.2, 0.25) is 11.8 Å². The van der Waals surface area contributed by atoms with Gasteiger partial charge in [0, 0.05) is 24.2 Å². The molecule has 0 aliphatic carbocycles. The number of anilines is 2. The van der Waals surface area contributed by atoms with Crippen molar-refractivity contribution >= 4 is 35.1 Å². The van der Waals surface area contributed by atoms with Crippen molar-refractivity contribution in [3.63, 3.8) is 0 Å². The second-order valence-corrected chi connectivity index (χ2v) is 9.44. The molecule has 2 amide bonds. The normalized spacial score (nSPS) is 10.3. The van der Waals surface area contributed by atoms with E-state index in [4.69, 9.17) is 9.47 Å². The Labute approximate surface area is 261 Å². The zero-order valence-corrected chi connectivity index (χ0v) is 26.4. The van der Waals surface area contributed by atoms with E-state index in [1.807, 2.05) is 0 Å². The molecule has 234 valence electrons. The lowest BCUT2D eigenvalue weighted by Crippen LogP contribution is -3.11. The Hall–Kier alpha value is -3.18. The lowest BCUT2D eigenvalue weighted by atomic mass is 10.2. The molecule has 12 heteroatoms. The number of nitrogens with one attached hydrogen (secondary N) is 4. The second kappa shape index (κ2) is 21.5. The van der Waals surface area contributed by atoms with Crippen molar-refractivity contribution in [1.29, 1.82) is 0 Å². The van der Waals surface area contributed by atoms with Crippen molar-refractivity contribution in [2.24, 2.45) is 0 Å². The largest absolute Gasteiger partial charge is 1.00 e. The van der Waals surface area contributed by atoms with Crippen LogP contribution in [0.1, 0.15) is 61.3 Å². The fraction of sp³-hybridized carbons (Fsp3) is 0.467. The highest BCUT2D eigenvalue weighted by molar-refractivity contribution is 5.97. The average Bonchev–Trinajstić information content (AvgIpc) is 2.97. The van der Waals surface area contributed by atoms with Gasteiger partial charge < -0.3 is 54.7 Å². The number of ether oxygens (including phenoxy) is 2. The van der Waals surface area contributed by atoms with Gasteiger partial charge >= 0.3 is 11.9 Å². The Morgan fingerprint density at radius 1 is 0.571 bits per heavy atom. The number of hydrogen-bond donors (Lipinski definition) is 4. The molecule has 0 aliphatic rings. The van der Waals surface area contributed by atoms with Crippen LogP contribution in [0.3, 0.4) is 0 Å². The molecular formula is C30H44Cl2N4O6. The van der Waals surface area contributed by atoms with Gasteiger partial charge in [-0.2, -0.15) is 0 Å². The van der Waals surface area contributed by atoms with Crippen LogP contribution in [0.5, 0.6) is 0 Å². The number of quaternary nitrogens is 2. The predicted molar refractivity (Wildman–Crippen MR) is 154 cm³/mol. The number of hydrogen-bond acceptors (Lipinski definition) is 6. The molecule has 0 radical (unpaired) electrons. The second-order valence-electron chi connectivity index (χ2n) is 9.44. The van der Waals surface area contributed by atoms with E-state index in [1.165, 1.54) is 9.80 Å². The Kier molecular flexibility index (Phi) is 19.9. The summed E-state index contributed by atoms with van der Waals surface area (Å²) in [5, 5.41) is 5.45. The Morgan fingerprint density at radius 3 is 1.17 bits per heavy atom. The Balaban J connectivity index is 0.00000840. The number of carbonyl (C=O) groups excluding carboxylic acids is 4. The van der Waals surface area contributed by atoms with E-state index >= 15 is 0 Å². The van der Waals surface area contributed by atoms with Crippen LogP contribution in [0.4, 0.5) is 11.4 Å². The van der Waals surface area contributed by atoms with Crippen LogP contribution in [-0.2, 0) is 19.1 Å². The van der Waals surface area contributed by atoms with Crippen LogP contribution in [0.25, 0.3) is 0 Å². The number of benzene rings is 2. The van der Waals surface area contributed by atoms with Crippen LogP contribution in [0.2, 0.25) is 0 Å². The van der Waals surface area contributed by atoms with E-state index in [0.717, 1.165) is 39.3 Å². The van der Waals surface area contributed by atoms with Crippen molar-refractivity contribution in [3.8, 4) is 0 Å². The smallest absolute Gasteiger partial charge is 0.338 e. The van der Waals surface area contributed by atoms with Crippen LogP contribution in [0.15, 0.2) is 48.5 Å². The minimum Gasteiger partial charge on any atom is -1.00 e. The summed E-state index contributed by atoms with van der Waals surface area (Å²) >= 11 is 0. The van der Waals surface area contributed by atoms with Crippen LogP contribution in [-0.4, -0.2) is 76.2 Å². The molecule has 10 nitrogen and oxygen atoms in total. The first-order valence-corrected chi connectivity index (χ1v) is 14.1. The van der Waals surface area contributed by atoms with Crippen molar-refractivity contribution < 1.29 is 63.3 Å². The zero-order valence-electron chi connectivity index (χ0n) is 24.9. The number of rotatable bonds is 17. The molecule has 0 aliphatic heterocycles. The third-order valence-corrected chi connectivity index (χ3v) is 6.77. The molecule has 0 saturated carbocycles. The highest BCUT2D eigenvalue weighted by atomic mass is 35.5. The zero-order chi connectivity index (χ0) is 29.3. The number of amides is 2. The monoisotopic (exact) mass is 626 g/mol. The summed E-state index contributed by atoms with van der Waals surface area (Å²) in [6.45, 7) is 14.5. The lowest BCUT2D eigenvalue weighted by Gasteiger charge is -2.15. The SMILES string of the molecule is CC[NH+](CC)CCOC(=O)c1ccc(NC(=O)CCC(=O)Nc2ccc(C(=O)OCC[NH+](CC)CC)cc2)cc1.[Cl-].[Cl-]. The highest BCUT2D eigenvalue weighted by Gasteiger charge is 2.13. The molecule has 2 aromatic rings. The first-order chi connectivity index (χ1) is 19.3. The molecule has 0 bridgehead atoms. The summed E-state index contributed by atoms with van der Waals surface area (Å²) in [6, 6.07) is 12.9. The lowest BCUT2D eigenvalue weighted by molar-refractivity contribution is -0.896. The van der Waals surface area contributed by atoms with E-state index in [-0.39, 0.29) is 49.5 Å². The minimum atomic E-state index is -0.401. The quantitative estimate of drug-likeness (QED) is 0.131. The molecular weight excluding hydrogens is 583 g/mol. The maximum absolute atomic E-state index is 12.3. The molecule has 0 atom stereocenters. The number of halogens is 2. The molecule has 0 aromatic heterocycles. The first-order valence-electron chi connectivity index (χ1n) is 14.1. The molecule has 0 spiro atoms.